The third kappa shape index (κ3) is 6.07. The summed E-state index contributed by atoms with van der Waals surface area (Å²) in [6, 6.07) is 10.1. The molecule has 0 spiro atoms. The first kappa shape index (κ1) is 18.0. The summed E-state index contributed by atoms with van der Waals surface area (Å²) in [7, 11) is 1.69. The maximum Gasteiger partial charge on any atom is 0.224 e. The van der Waals surface area contributed by atoms with Gasteiger partial charge in [-0.2, -0.15) is 4.98 Å². The van der Waals surface area contributed by atoms with Crippen LogP contribution in [0.1, 0.15) is 31.5 Å². The minimum atomic E-state index is 0.669. The Kier molecular flexibility index (Phi) is 6.85. The fourth-order valence-corrected chi connectivity index (χ4v) is 2.37. The fourth-order valence-electron chi connectivity index (χ4n) is 2.37. The molecule has 0 aliphatic rings. The summed E-state index contributed by atoms with van der Waals surface area (Å²) >= 11 is 0. The van der Waals surface area contributed by atoms with E-state index in [2.05, 4.69) is 46.6 Å². The van der Waals surface area contributed by atoms with Crippen molar-refractivity contribution in [3.63, 3.8) is 0 Å². The van der Waals surface area contributed by atoms with Crippen molar-refractivity contribution in [2.45, 2.75) is 33.6 Å². The van der Waals surface area contributed by atoms with Gasteiger partial charge in [-0.15, -0.1) is 0 Å². The van der Waals surface area contributed by atoms with Gasteiger partial charge in [-0.25, -0.2) is 4.98 Å². The molecule has 2 aromatic rings. The van der Waals surface area contributed by atoms with E-state index in [-0.39, 0.29) is 0 Å². The summed E-state index contributed by atoms with van der Waals surface area (Å²) < 4.78 is 5.26. The van der Waals surface area contributed by atoms with Gasteiger partial charge in [0.1, 0.15) is 11.6 Å². The number of nitrogens with zero attached hydrogens (tertiary/aromatic N) is 2. The standard InChI is InChI=1S/C19H28N4O/c1-14(2)8-10-21-19-22-15(3)12-18(23-19)20-11-9-16-6-5-7-17(13-16)24-4/h5-7,12-14H,8-11H2,1-4H3,(H2,20,21,22,23). The summed E-state index contributed by atoms with van der Waals surface area (Å²) in [6.45, 7) is 8.12. The lowest BCUT2D eigenvalue weighted by atomic mass is 10.1. The molecule has 0 fully saturated rings. The van der Waals surface area contributed by atoms with E-state index in [1.54, 1.807) is 7.11 Å². The van der Waals surface area contributed by atoms with Crippen molar-refractivity contribution >= 4 is 11.8 Å². The SMILES string of the molecule is COc1cccc(CCNc2cc(C)nc(NCCC(C)C)n2)c1. The van der Waals surface area contributed by atoms with Crippen LogP contribution in [0.2, 0.25) is 0 Å². The number of rotatable bonds is 9. The Morgan fingerprint density at radius 3 is 2.67 bits per heavy atom. The normalized spacial score (nSPS) is 10.7. The molecule has 5 heteroatoms. The van der Waals surface area contributed by atoms with E-state index in [4.69, 9.17) is 4.74 Å². The third-order valence-electron chi connectivity index (χ3n) is 3.71. The van der Waals surface area contributed by atoms with E-state index in [1.807, 2.05) is 25.1 Å². The van der Waals surface area contributed by atoms with Gasteiger partial charge >= 0.3 is 0 Å². The van der Waals surface area contributed by atoms with E-state index in [1.165, 1.54) is 5.56 Å². The van der Waals surface area contributed by atoms with Crippen molar-refractivity contribution in [1.29, 1.82) is 0 Å². The highest BCUT2D eigenvalue weighted by molar-refractivity contribution is 5.42. The molecule has 1 heterocycles. The van der Waals surface area contributed by atoms with Crippen LogP contribution in [0, 0.1) is 12.8 Å². The van der Waals surface area contributed by atoms with Crippen molar-refractivity contribution in [3.8, 4) is 5.75 Å². The number of aromatic nitrogens is 2. The van der Waals surface area contributed by atoms with Crippen LogP contribution >= 0.6 is 0 Å². The molecule has 0 saturated heterocycles. The summed E-state index contributed by atoms with van der Waals surface area (Å²) in [6.07, 6.45) is 2.02. The molecule has 5 nitrogen and oxygen atoms in total. The van der Waals surface area contributed by atoms with Crippen molar-refractivity contribution in [2.24, 2.45) is 5.92 Å². The zero-order valence-electron chi connectivity index (χ0n) is 15.1. The second kappa shape index (κ2) is 9.11. The van der Waals surface area contributed by atoms with Gasteiger partial charge in [-0.05, 0) is 43.4 Å². The van der Waals surface area contributed by atoms with Crippen LogP contribution < -0.4 is 15.4 Å². The summed E-state index contributed by atoms with van der Waals surface area (Å²) in [5.41, 5.74) is 2.20. The smallest absolute Gasteiger partial charge is 0.224 e. The average Bonchev–Trinajstić information content (AvgIpc) is 2.54. The Labute approximate surface area is 144 Å². The zero-order valence-corrected chi connectivity index (χ0v) is 15.1. The van der Waals surface area contributed by atoms with Crippen LogP contribution in [-0.2, 0) is 6.42 Å². The molecule has 130 valence electrons. The first-order valence-electron chi connectivity index (χ1n) is 8.53. The molecule has 1 aromatic heterocycles. The van der Waals surface area contributed by atoms with Crippen molar-refractivity contribution in [2.75, 3.05) is 30.8 Å². The number of nitrogens with one attached hydrogen (secondary N) is 2. The molecule has 0 radical (unpaired) electrons. The average molecular weight is 328 g/mol. The highest BCUT2D eigenvalue weighted by Crippen LogP contribution is 2.14. The van der Waals surface area contributed by atoms with Crippen molar-refractivity contribution in [3.05, 3.63) is 41.6 Å². The Hall–Kier alpha value is -2.30. The maximum absolute atomic E-state index is 5.26. The molecule has 0 unspecified atom stereocenters. The fraction of sp³-hybridized carbons (Fsp3) is 0.474. The van der Waals surface area contributed by atoms with Crippen LogP contribution in [0.5, 0.6) is 5.75 Å². The van der Waals surface area contributed by atoms with Gasteiger partial charge in [0.2, 0.25) is 5.95 Å². The van der Waals surface area contributed by atoms with Gasteiger partial charge in [-0.1, -0.05) is 26.0 Å². The van der Waals surface area contributed by atoms with Gasteiger partial charge in [0, 0.05) is 24.8 Å². The molecule has 2 rings (SSSR count). The van der Waals surface area contributed by atoms with Crippen LogP contribution in [0.25, 0.3) is 0 Å². The number of aryl methyl sites for hydroxylation is 1. The van der Waals surface area contributed by atoms with E-state index in [0.29, 0.717) is 11.9 Å². The molecule has 0 saturated carbocycles. The summed E-state index contributed by atoms with van der Waals surface area (Å²) in [5, 5.41) is 6.68. The molecule has 0 amide bonds. The van der Waals surface area contributed by atoms with Crippen LogP contribution in [0.4, 0.5) is 11.8 Å². The van der Waals surface area contributed by atoms with Crippen LogP contribution in [0.3, 0.4) is 0 Å². The van der Waals surface area contributed by atoms with Gasteiger partial charge in [0.15, 0.2) is 0 Å². The van der Waals surface area contributed by atoms with Gasteiger partial charge in [0.05, 0.1) is 7.11 Å². The van der Waals surface area contributed by atoms with Gasteiger partial charge < -0.3 is 15.4 Å². The third-order valence-corrected chi connectivity index (χ3v) is 3.71. The number of hydrogen-bond acceptors (Lipinski definition) is 5. The predicted molar refractivity (Wildman–Crippen MR) is 99.9 cm³/mol. The first-order chi connectivity index (χ1) is 11.6. The van der Waals surface area contributed by atoms with Gasteiger partial charge in [-0.3, -0.25) is 0 Å². The molecule has 0 bridgehead atoms. The largest absolute Gasteiger partial charge is 0.497 e. The van der Waals surface area contributed by atoms with Crippen LogP contribution in [0.15, 0.2) is 30.3 Å². The highest BCUT2D eigenvalue weighted by Gasteiger charge is 2.03. The number of methoxy groups -OCH3 is 1. The molecular formula is C19H28N4O. The second-order valence-corrected chi connectivity index (χ2v) is 6.36. The van der Waals surface area contributed by atoms with E-state index < -0.39 is 0 Å². The number of anilines is 2. The van der Waals surface area contributed by atoms with E-state index in [0.717, 1.165) is 43.2 Å². The number of benzene rings is 1. The van der Waals surface area contributed by atoms with Gasteiger partial charge in [0.25, 0.3) is 0 Å². The Balaban J connectivity index is 1.88. The second-order valence-electron chi connectivity index (χ2n) is 6.36. The molecule has 0 aliphatic carbocycles. The Morgan fingerprint density at radius 2 is 1.92 bits per heavy atom. The minimum Gasteiger partial charge on any atom is -0.497 e. The number of hydrogen-bond donors (Lipinski definition) is 2. The lowest BCUT2D eigenvalue weighted by Gasteiger charge is -2.11. The quantitative estimate of drug-likeness (QED) is 0.731. The predicted octanol–water partition coefficient (Wildman–Crippen LogP) is 3.91. The lowest BCUT2D eigenvalue weighted by molar-refractivity contribution is 0.414. The minimum absolute atomic E-state index is 0.669. The van der Waals surface area contributed by atoms with Crippen LogP contribution in [-0.4, -0.2) is 30.2 Å². The van der Waals surface area contributed by atoms with Crippen molar-refractivity contribution in [1.82, 2.24) is 9.97 Å². The molecule has 0 atom stereocenters. The topological polar surface area (TPSA) is 59.1 Å². The molecular weight excluding hydrogens is 300 g/mol. The molecule has 0 aliphatic heterocycles. The van der Waals surface area contributed by atoms with E-state index >= 15 is 0 Å². The zero-order chi connectivity index (χ0) is 17.4. The van der Waals surface area contributed by atoms with E-state index in [9.17, 15) is 0 Å². The maximum atomic E-state index is 5.26. The number of ether oxygens (including phenoxy) is 1. The molecule has 1 aromatic carbocycles. The summed E-state index contributed by atoms with van der Waals surface area (Å²) in [5.74, 6) is 3.11. The molecule has 2 N–H and O–H groups in total. The summed E-state index contributed by atoms with van der Waals surface area (Å²) in [4.78, 5) is 8.98. The Bertz CT molecular complexity index is 643. The monoisotopic (exact) mass is 328 g/mol. The lowest BCUT2D eigenvalue weighted by Crippen LogP contribution is -2.11. The highest BCUT2D eigenvalue weighted by atomic mass is 16.5. The van der Waals surface area contributed by atoms with Crippen molar-refractivity contribution < 1.29 is 4.74 Å². The molecule has 24 heavy (non-hydrogen) atoms. The Morgan fingerprint density at radius 1 is 1.08 bits per heavy atom. The first-order valence-corrected chi connectivity index (χ1v) is 8.53.